The summed E-state index contributed by atoms with van der Waals surface area (Å²) in [5.74, 6) is 0.784. The van der Waals surface area contributed by atoms with Crippen molar-refractivity contribution in [2.75, 3.05) is 19.6 Å². The third-order valence-electron chi connectivity index (χ3n) is 6.18. The fourth-order valence-electron chi connectivity index (χ4n) is 4.86. The molecule has 4 heteroatoms. The number of aromatic nitrogens is 2. The van der Waals surface area contributed by atoms with Gasteiger partial charge in [0.05, 0.1) is 5.69 Å². The molecule has 3 aromatic rings. The van der Waals surface area contributed by atoms with Gasteiger partial charge in [-0.2, -0.15) is 0 Å². The number of aryl methyl sites for hydroxylation is 1. The van der Waals surface area contributed by atoms with E-state index in [2.05, 4.69) is 76.0 Å². The van der Waals surface area contributed by atoms with Gasteiger partial charge in [-0.3, -0.25) is 9.80 Å². The summed E-state index contributed by atoms with van der Waals surface area (Å²) in [6.45, 7) is 7.78. The van der Waals surface area contributed by atoms with Crippen molar-refractivity contribution in [2.24, 2.45) is 5.92 Å². The monoisotopic (exact) mass is 360 g/mol. The lowest BCUT2D eigenvalue weighted by Gasteiger charge is -2.36. The summed E-state index contributed by atoms with van der Waals surface area (Å²) in [5.41, 5.74) is 4.96. The van der Waals surface area contributed by atoms with Gasteiger partial charge >= 0.3 is 0 Å². The SMILES string of the molecule is Cc1ccn2cc(CN3C[C@H]4CC[C@@H](C3)N(Cc3ccccc3)C4)nc2c1. The van der Waals surface area contributed by atoms with E-state index in [1.807, 2.05) is 0 Å². The molecule has 27 heavy (non-hydrogen) atoms. The highest BCUT2D eigenvalue weighted by molar-refractivity contribution is 5.42. The molecule has 5 heterocycles. The van der Waals surface area contributed by atoms with Crippen LogP contribution in [0.25, 0.3) is 5.65 Å². The van der Waals surface area contributed by atoms with Crippen LogP contribution in [0.3, 0.4) is 0 Å². The predicted octanol–water partition coefficient (Wildman–Crippen LogP) is 3.74. The van der Waals surface area contributed by atoms with Gasteiger partial charge in [0.25, 0.3) is 0 Å². The molecule has 2 bridgehead atoms. The number of benzene rings is 1. The molecule has 0 spiro atoms. The molecule has 2 atom stereocenters. The molecule has 0 radical (unpaired) electrons. The van der Waals surface area contributed by atoms with Crippen LogP contribution < -0.4 is 0 Å². The highest BCUT2D eigenvalue weighted by atomic mass is 15.3. The largest absolute Gasteiger partial charge is 0.307 e. The summed E-state index contributed by atoms with van der Waals surface area (Å²) < 4.78 is 2.15. The average molecular weight is 361 g/mol. The van der Waals surface area contributed by atoms with Crippen LogP contribution in [0, 0.1) is 12.8 Å². The van der Waals surface area contributed by atoms with E-state index < -0.39 is 0 Å². The number of fused-ring (bicyclic) bond motifs is 5. The van der Waals surface area contributed by atoms with E-state index in [9.17, 15) is 0 Å². The molecule has 0 N–H and O–H groups in total. The summed E-state index contributed by atoms with van der Waals surface area (Å²) in [5, 5.41) is 0. The molecule has 3 aliphatic rings. The first-order chi connectivity index (χ1) is 13.2. The summed E-state index contributed by atoms with van der Waals surface area (Å²) in [7, 11) is 0. The van der Waals surface area contributed by atoms with E-state index >= 15 is 0 Å². The maximum absolute atomic E-state index is 4.86. The van der Waals surface area contributed by atoms with Crippen molar-refractivity contribution in [1.82, 2.24) is 19.2 Å². The fourth-order valence-corrected chi connectivity index (χ4v) is 4.86. The van der Waals surface area contributed by atoms with Crippen molar-refractivity contribution in [1.29, 1.82) is 0 Å². The second-order valence-corrected chi connectivity index (χ2v) is 8.41. The van der Waals surface area contributed by atoms with Gasteiger partial charge in [-0.25, -0.2) is 4.98 Å². The molecule has 3 fully saturated rings. The normalized spacial score (nSPS) is 23.7. The topological polar surface area (TPSA) is 23.8 Å². The maximum Gasteiger partial charge on any atom is 0.137 e. The van der Waals surface area contributed by atoms with Gasteiger partial charge in [-0.1, -0.05) is 30.3 Å². The van der Waals surface area contributed by atoms with E-state index in [1.165, 1.54) is 42.8 Å². The van der Waals surface area contributed by atoms with Gasteiger partial charge in [0.1, 0.15) is 5.65 Å². The zero-order valence-corrected chi connectivity index (χ0v) is 16.1. The van der Waals surface area contributed by atoms with Gasteiger partial charge in [0.15, 0.2) is 0 Å². The molecule has 6 rings (SSSR count). The molecule has 140 valence electrons. The molecule has 0 saturated carbocycles. The van der Waals surface area contributed by atoms with Crippen molar-refractivity contribution in [3.63, 3.8) is 0 Å². The molecule has 2 aromatic heterocycles. The van der Waals surface area contributed by atoms with Crippen LogP contribution in [0.15, 0.2) is 54.9 Å². The fraction of sp³-hybridized carbons (Fsp3) is 0.435. The maximum atomic E-state index is 4.86. The Morgan fingerprint density at radius 2 is 1.89 bits per heavy atom. The van der Waals surface area contributed by atoms with Crippen LogP contribution in [0.4, 0.5) is 0 Å². The van der Waals surface area contributed by atoms with Crippen LogP contribution in [0.1, 0.15) is 29.7 Å². The first-order valence-corrected chi connectivity index (χ1v) is 10.2. The number of hydrogen-bond donors (Lipinski definition) is 0. The molecule has 0 amide bonds. The van der Waals surface area contributed by atoms with Crippen molar-refractivity contribution in [2.45, 2.75) is 38.9 Å². The van der Waals surface area contributed by atoms with Crippen LogP contribution in [0.5, 0.6) is 0 Å². The Morgan fingerprint density at radius 1 is 1.00 bits per heavy atom. The highest BCUT2D eigenvalue weighted by Gasteiger charge is 2.34. The first kappa shape index (κ1) is 17.0. The Bertz CT molecular complexity index is 917. The lowest BCUT2D eigenvalue weighted by molar-refractivity contribution is 0.123. The summed E-state index contributed by atoms with van der Waals surface area (Å²) in [6, 6.07) is 15.9. The number of piperidine rings is 1. The molecular formula is C23H28N4. The summed E-state index contributed by atoms with van der Waals surface area (Å²) in [4.78, 5) is 10.2. The number of imidazole rings is 1. The van der Waals surface area contributed by atoms with Crippen LogP contribution in [-0.2, 0) is 13.1 Å². The van der Waals surface area contributed by atoms with E-state index in [1.54, 1.807) is 0 Å². The van der Waals surface area contributed by atoms with E-state index in [-0.39, 0.29) is 0 Å². The van der Waals surface area contributed by atoms with Gasteiger partial charge in [0.2, 0.25) is 0 Å². The van der Waals surface area contributed by atoms with E-state index in [0.717, 1.165) is 31.2 Å². The minimum atomic E-state index is 0.670. The summed E-state index contributed by atoms with van der Waals surface area (Å²) in [6.07, 6.45) is 7.02. The van der Waals surface area contributed by atoms with Crippen LogP contribution in [0.2, 0.25) is 0 Å². The number of rotatable bonds is 4. The smallest absolute Gasteiger partial charge is 0.137 e. The highest BCUT2D eigenvalue weighted by Crippen LogP contribution is 2.30. The van der Waals surface area contributed by atoms with E-state index in [4.69, 9.17) is 4.98 Å². The van der Waals surface area contributed by atoms with E-state index in [0.29, 0.717) is 6.04 Å². The third-order valence-corrected chi connectivity index (χ3v) is 6.18. The average Bonchev–Trinajstić information content (AvgIpc) is 2.85. The van der Waals surface area contributed by atoms with Crippen LogP contribution in [-0.4, -0.2) is 44.9 Å². The molecule has 4 nitrogen and oxygen atoms in total. The molecular weight excluding hydrogens is 332 g/mol. The van der Waals surface area contributed by atoms with Crippen molar-refractivity contribution < 1.29 is 0 Å². The van der Waals surface area contributed by atoms with Crippen molar-refractivity contribution in [3.8, 4) is 0 Å². The first-order valence-electron chi connectivity index (χ1n) is 10.2. The van der Waals surface area contributed by atoms with Crippen molar-refractivity contribution in [3.05, 3.63) is 71.7 Å². The van der Waals surface area contributed by atoms with Crippen LogP contribution >= 0.6 is 0 Å². The Balaban J connectivity index is 1.30. The summed E-state index contributed by atoms with van der Waals surface area (Å²) >= 11 is 0. The minimum absolute atomic E-state index is 0.670. The zero-order chi connectivity index (χ0) is 18.2. The van der Waals surface area contributed by atoms with Gasteiger partial charge in [-0.05, 0) is 48.9 Å². The van der Waals surface area contributed by atoms with Gasteiger partial charge in [-0.15, -0.1) is 0 Å². The number of pyridine rings is 1. The zero-order valence-electron chi connectivity index (χ0n) is 16.1. The lowest BCUT2D eigenvalue weighted by Crippen LogP contribution is -2.43. The van der Waals surface area contributed by atoms with Gasteiger partial charge in [0, 0.05) is 51.2 Å². The quantitative estimate of drug-likeness (QED) is 0.708. The molecule has 3 aliphatic heterocycles. The Kier molecular flexibility index (Phi) is 4.46. The third kappa shape index (κ3) is 3.64. The number of hydrogen-bond acceptors (Lipinski definition) is 3. The lowest BCUT2D eigenvalue weighted by atomic mass is 9.94. The Hall–Kier alpha value is -2.17. The molecule has 1 aromatic carbocycles. The predicted molar refractivity (Wildman–Crippen MR) is 109 cm³/mol. The number of nitrogens with zero attached hydrogens (tertiary/aromatic N) is 4. The standard InChI is InChI=1S/C23H28N4/c1-18-9-10-26-16-21(24-23(26)11-18)15-25-12-20-7-8-22(17-25)27(14-20)13-19-5-3-2-4-6-19/h2-6,9-11,16,20,22H,7-8,12-15,17H2,1H3/t20-,22+/m1/s1. The molecule has 0 aliphatic carbocycles. The molecule has 3 saturated heterocycles. The Labute approximate surface area is 161 Å². The van der Waals surface area contributed by atoms with Gasteiger partial charge < -0.3 is 4.40 Å². The Morgan fingerprint density at radius 3 is 2.78 bits per heavy atom. The molecule has 0 unspecified atom stereocenters. The second kappa shape index (κ2) is 7.10. The second-order valence-electron chi connectivity index (χ2n) is 8.41. The van der Waals surface area contributed by atoms with Crippen molar-refractivity contribution >= 4 is 5.65 Å². The minimum Gasteiger partial charge on any atom is -0.307 e.